The van der Waals surface area contributed by atoms with E-state index in [4.69, 9.17) is 9.47 Å². The van der Waals surface area contributed by atoms with Crippen molar-refractivity contribution in [3.63, 3.8) is 0 Å². The lowest BCUT2D eigenvalue weighted by Gasteiger charge is -2.24. The molecular formula is C14H21NO2. The summed E-state index contributed by atoms with van der Waals surface area (Å²) in [6.45, 7) is 3.41. The molecule has 1 heterocycles. The van der Waals surface area contributed by atoms with Crippen LogP contribution in [0.25, 0.3) is 0 Å². The molecule has 1 N–H and O–H groups in total. The van der Waals surface area contributed by atoms with E-state index in [1.54, 1.807) is 14.2 Å². The second-order valence-electron chi connectivity index (χ2n) is 4.99. The Bertz CT molecular complexity index is 362. The van der Waals surface area contributed by atoms with Crippen molar-refractivity contribution >= 4 is 0 Å². The van der Waals surface area contributed by atoms with E-state index in [2.05, 4.69) is 24.4 Å². The highest BCUT2D eigenvalue weighted by molar-refractivity contribution is 5.39. The number of hydrogen-bond acceptors (Lipinski definition) is 3. The van der Waals surface area contributed by atoms with E-state index >= 15 is 0 Å². The fourth-order valence-corrected chi connectivity index (χ4v) is 2.53. The van der Waals surface area contributed by atoms with Crippen molar-refractivity contribution in [2.75, 3.05) is 20.8 Å². The number of nitrogens with one attached hydrogen (secondary N) is 1. The first kappa shape index (κ1) is 12.2. The first-order chi connectivity index (χ1) is 8.15. The van der Waals surface area contributed by atoms with Crippen LogP contribution < -0.4 is 14.8 Å². The van der Waals surface area contributed by atoms with Crippen LogP contribution in [-0.2, 0) is 6.42 Å². The third-order valence-corrected chi connectivity index (χ3v) is 3.46. The van der Waals surface area contributed by atoms with Crippen molar-refractivity contribution in [3.8, 4) is 11.5 Å². The second-order valence-corrected chi connectivity index (χ2v) is 4.99. The minimum atomic E-state index is 0.220. The Hall–Kier alpha value is -1.22. The van der Waals surface area contributed by atoms with Crippen LogP contribution in [0.4, 0.5) is 0 Å². The summed E-state index contributed by atoms with van der Waals surface area (Å²) in [4.78, 5) is 0. The van der Waals surface area contributed by atoms with Crippen LogP contribution in [-0.4, -0.2) is 26.3 Å². The smallest absolute Gasteiger partial charge is 0.122 e. The predicted octanol–water partition coefficient (Wildman–Crippen LogP) is 2.39. The summed E-state index contributed by atoms with van der Waals surface area (Å²) in [5.74, 6) is 1.72. The van der Waals surface area contributed by atoms with E-state index in [1.807, 2.05) is 6.07 Å². The predicted molar refractivity (Wildman–Crippen MR) is 68.9 cm³/mol. The normalized spacial score (nSPS) is 23.7. The average molecular weight is 235 g/mol. The van der Waals surface area contributed by atoms with Gasteiger partial charge in [-0.1, -0.05) is 0 Å². The lowest BCUT2D eigenvalue weighted by atomic mass is 9.91. The maximum Gasteiger partial charge on any atom is 0.122 e. The van der Waals surface area contributed by atoms with Gasteiger partial charge < -0.3 is 14.8 Å². The molecule has 3 nitrogen and oxygen atoms in total. The third-order valence-electron chi connectivity index (χ3n) is 3.46. The van der Waals surface area contributed by atoms with Crippen molar-refractivity contribution in [1.29, 1.82) is 0 Å². The molecule has 0 radical (unpaired) electrons. The fraction of sp³-hybridized carbons (Fsp3) is 0.571. The number of hydrogen-bond donors (Lipinski definition) is 1. The van der Waals surface area contributed by atoms with E-state index in [-0.39, 0.29) is 5.54 Å². The van der Waals surface area contributed by atoms with Gasteiger partial charge in [-0.25, -0.2) is 0 Å². The molecule has 1 unspecified atom stereocenters. The highest BCUT2D eigenvalue weighted by Gasteiger charge is 2.28. The van der Waals surface area contributed by atoms with Gasteiger partial charge in [-0.3, -0.25) is 0 Å². The fourth-order valence-electron chi connectivity index (χ4n) is 2.53. The zero-order chi connectivity index (χ0) is 12.3. The standard InChI is InChI=1S/C14H21NO2/c1-14(5-4-6-15-14)10-11-7-12(16-2)9-13(8-11)17-3/h7-9,15H,4-6,10H2,1-3H3. The van der Waals surface area contributed by atoms with Crippen LogP contribution in [0.2, 0.25) is 0 Å². The molecule has 17 heavy (non-hydrogen) atoms. The molecule has 0 spiro atoms. The average Bonchev–Trinajstić information content (AvgIpc) is 2.75. The molecule has 1 aliphatic rings. The summed E-state index contributed by atoms with van der Waals surface area (Å²) >= 11 is 0. The minimum absolute atomic E-state index is 0.220. The maximum atomic E-state index is 5.29. The SMILES string of the molecule is COc1cc(CC2(C)CCCN2)cc(OC)c1. The Morgan fingerprint density at radius 3 is 2.29 bits per heavy atom. The lowest BCUT2D eigenvalue weighted by molar-refractivity contribution is 0.387. The molecule has 1 aromatic carbocycles. The molecule has 0 aliphatic carbocycles. The summed E-state index contributed by atoms with van der Waals surface area (Å²) < 4.78 is 10.6. The molecular weight excluding hydrogens is 214 g/mol. The van der Waals surface area contributed by atoms with Gasteiger partial charge in [0.05, 0.1) is 14.2 Å². The molecule has 0 amide bonds. The van der Waals surface area contributed by atoms with Gasteiger partial charge in [-0.05, 0) is 50.4 Å². The Labute approximate surface area is 103 Å². The van der Waals surface area contributed by atoms with Crippen LogP contribution in [0.5, 0.6) is 11.5 Å². The Balaban J connectivity index is 2.19. The Kier molecular flexibility index (Phi) is 3.57. The topological polar surface area (TPSA) is 30.5 Å². The Morgan fingerprint density at radius 2 is 1.82 bits per heavy atom. The van der Waals surface area contributed by atoms with E-state index < -0.39 is 0 Å². The first-order valence-corrected chi connectivity index (χ1v) is 6.12. The third kappa shape index (κ3) is 2.91. The van der Waals surface area contributed by atoms with Gasteiger partial charge >= 0.3 is 0 Å². The van der Waals surface area contributed by atoms with Crippen molar-refractivity contribution < 1.29 is 9.47 Å². The molecule has 1 aromatic rings. The summed E-state index contributed by atoms with van der Waals surface area (Å²) in [7, 11) is 3.38. The van der Waals surface area contributed by atoms with Gasteiger partial charge in [-0.15, -0.1) is 0 Å². The highest BCUT2D eigenvalue weighted by atomic mass is 16.5. The number of rotatable bonds is 4. The quantitative estimate of drug-likeness (QED) is 0.869. The van der Waals surface area contributed by atoms with Gasteiger partial charge in [0, 0.05) is 11.6 Å². The maximum absolute atomic E-state index is 5.29. The number of benzene rings is 1. The zero-order valence-corrected chi connectivity index (χ0v) is 10.9. The molecule has 94 valence electrons. The van der Waals surface area contributed by atoms with Crippen molar-refractivity contribution in [2.45, 2.75) is 31.7 Å². The molecule has 1 atom stereocenters. The van der Waals surface area contributed by atoms with Gasteiger partial charge in [0.15, 0.2) is 0 Å². The van der Waals surface area contributed by atoms with Gasteiger partial charge in [0.25, 0.3) is 0 Å². The summed E-state index contributed by atoms with van der Waals surface area (Å²) in [5, 5.41) is 3.57. The molecule has 2 rings (SSSR count). The number of ether oxygens (including phenoxy) is 2. The number of methoxy groups -OCH3 is 2. The zero-order valence-electron chi connectivity index (χ0n) is 10.9. The second kappa shape index (κ2) is 4.96. The molecule has 1 saturated heterocycles. The Morgan fingerprint density at radius 1 is 1.18 bits per heavy atom. The van der Waals surface area contributed by atoms with Gasteiger partial charge in [-0.2, -0.15) is 0 Å². The van der Waals surface area contributed by atoms with Crippen LogP contribution in [0, 0.1) is 0 Å². The highest BCUT2D eigenvalue weighted by Crippen LogP contribution is 2.28. The molecule has 3 heteroatoms. The molecule has 0 aromatic heterocycles. The van der Waals surface area contributed by atoms with E-state index in [1.165, 1.54) is 18.4 Å². The van der Waals surface area contributed by atoms with Crippen LogP contribution in [0.3, 0.4) is 0 Å². The van der Waals surface area contributed by atoms with Crippen molar-refractivity contribution in [3.05, 3.63) is 23.8 Å². The minimum Gasteiger partial charge on any atom is -0.497 e. The van der Waals surface area contributed by atoms with Gasteiger partial charge in [0.1, 0.15) is 11.5 Å². The van der Waals surface area contributed by atoms with E-state index in [0.717, 1.165) is 24.5 Å². The molecule has 0 bridgehead atoms. The monoisotopic (exact) mass is 235 g/mol. The van der Waals surface area contributed by atoms with Crippen LogP contribution >= 0.6 is 0 Å². The molecule has 0 saturated carbocycles. The lowest BCUT2D eigenvalue weighted by Crippen LogP contribution is -2.38. The van der Waals surface area contributed by atoms with Crippen molar-refractivity contribution in [2.24, 2.45) is 0 Å². The van der Waals surface area contributed by atoms with E-state index in [9.17, 15) is 0 Å². The first-order valence-electron chi connectivity index (χ1n) is 6.12. The summed E-state index contributed by atoms with van der Waals surface area (Å²) in [6, 6.07) is 6.09. The van der Waals surface area contributed by atoms with E-state index in [0.29, 0.717) is 0 Å². The summed E-state index contributed by atoms with van der Waals surface area (Å²) in [5.41, 5.74) is 1.48. The molecule has 1 aliphatic heterocycles. The largest absolute Gasteiger partial charge is 0.497 e. The summed E-state index contributed by atoms with van der Waals surface area (Å²) in [6.07, 6.45) is 3.50. The van der Waals surface area contributed by atoms with Crippen LogP contribution in [0.15, 0.2) is 18.2 Å². The molecule has 1 fully saturated rings. The van der Waals surface area contributed by atoms with Crippen LogP contribution in [0.1, 0.15) is 25.3 Å². The van der Waals surface area contributed by atoms with Gasteiger partial charge in [0.2, 0.25) is 0 Å². The van der Waals surface area contributed by atoms with Crippen molar-refractivity contribution in [1.82, 2.24) is 5.32 Å².